The van der Waals surface area contributed by atoms with Crippen LogP contribution in [-0.2, 0) is 14.3 Å². The summed E-state index contributed by atoms with van der Waals surface area (Å²) >= 11 is 0. The van der Waals surface area contributed by atoms with Crippen LogP contribution in [0.15, 0.2) is 0 Å². The van der Waals surface area contributed by atoms with E-state index in [2.05, 4.69) is 10.2 Å². The van der Waals surface area contributed by atoms with Crippen LogP contribution in [-0.4, -0.2) is 36.6 Å². The van der Waals surface area contributed by atoms with Gasteiger partial charge in [0.2, 0.25) is 5.91 Å². The van der Waals surface area contributed by atoms with Crippen molar-refractivity contribution >= 4 is 11.9 Å². The van der Waals surface area contributed by atoms with E-state index in [-0.39, 0.29) is 11.9 Å². The molecule has 0 aromatic carbocycles. The Morgan fingerprint density at radius 3 is 2.77 bits per heavy atom. The summed E-state index contributed by atoms with van der Waals surface area (Å²) in [5, 5.41) is 1.34. The van der Waals surface area contributed by atoms with Crippen LogP contribution < -0.4 is 5.43 Å². The normalized spacial score (nSPS) is 22.6. The Kier molecular flexibility index (Phi) is 3.25. The molecule has 13 heavy (non-hydrogen) atoms. The third-order valence-electron chi connectivity index (χ3n) is 2.06. The molecular formula is C8H14N2O3. The predicted molar refractivity (Wildman–Crippen MR) is 45.6 cm³/mol. The van der Waals surface area contributed by atoms with E-state index in [1.54, 1.807) is 0 Å². The zero-order valence-electron chi connectivity index (χ0n) is 7.87. The van der Waals surface area contributed by atoms with Gasteiger partial charge >= 0.3 is 5.97 Å². The van der Waals surface area contributed by atoms with Crippen molar-refractivity contribution in [2.75, 3.05) is 13.7 Å². The molecule has 1 aliphatic rings. The average Bonchev–Trinajstić information content (AvgIpc) is 2.16. The van der Waals surface area contributed by atoms with Crippen LogP contribution in [0, 0.1) is 0 Å². The summed E-state index contributed by atoms with van der Waals surface area (Å²) in [6, 6.07) is -0.462. The van der Waals surface area contributed by atoms with Crippen molar-refractivity contribution in [3.8, 4) is 0 Å². The lowest BCUT2D eigenvalue weighted by Crippen LogP contribution is -2.55. The van der Waals surface area contributed by atoms with Crippen molar-refractivity contribution in [1.82, 2.24) is 10.4 Å². The van der Waals surface area contributed by atoms with Gasteiger partial charge in [0.05, 0.1) is 7.11 Å². The Bertz CT molecular complexity index is 217. The molecule has 1 rings (SSSR count). The molecule has 1 heterocycles. The average molecular weight is 186 g/mol. The molecule has 0 aliphatic carbocycles. The van der Waals surface area contributed by atoms with E-state index in [0.717, 1.165) is 13.0 Å². The predicted octanol–water partition coefficient (Wildman–Crippen LogP) is -0.325. The van der Waals surface area contributed by atoms with Crippen LogP contribution in [0.1, 0.15) is 19.8 Å². The molecule has 1 atom stereocenters. The van der Waals surface area contributed by atoms with Crippen molar-refractivity contribution in [3.05, 3.63) is 0 Å². The molecule has 0 bridgehead atoms. The number of nitrogens with zero attached hydrogens (tertiary/aromatic N) is 1. The monoisotopic (exact) mass is 186 g/mol. The van der Waals surface area contributed by atoms with Gasteiger partial charge in [-0.1, -0.05) is 0 Å². The Balaban J connectivity index is 2.67. The Labute approximate surface area is 77.0 Å². The SMILES string of the molecule is COC(=O)[C@@H]1CCCNN1C(C)=O. The molecule has 1 N–H and O–H groups in total. The minimum absolute atomic E-state index is 0.157. The summed E-state index contributed by atoms with van der Waals surface area (Å²) in [5.41, 5.74) is 2.87. The van der Waals surface area contributed by atoms with E-state index in [1.807, 2.05) is 0 Å². The number of esters is 1. The number of amides is 1. The molecule has 5 nitrogen and oxygen atoms in total. The second kappa shape index (κ2) is 4.23. The summed E-state index contributed by atoms with van der Waals surface area (Å²) in [6.07, 6.45) is 1.54. The second-order valence-corrected chi connectivity index (χ2v) is 2.98. The molecule has 1 saturated heterocycles. The molecule has 1 amide bonds. The molecule has 0 spiro atoms. The van der Waals surface area contributed by atoms with Crippen LogP contribution in [0.2, 0.25) is 0 Å². The molecule has 0 aromatic heterocycles. The van der Waals surface area contributed by atoms with E-state index in [0.29, 0.717) is 6.42 Å². The minimum Gasteiger partial charge on any atom is -0.467 e. The zero-order chi connectivity index (χ0) is 9.84. The summed E-state index contributed by atoms with van der Waals surface area (Å²) in [5.74, 6) is -0.516. The van der Waals surface area contributed by atoms with Gasteiger partial charge in [0.15, 0.2) is 0 Å². The molecule has 1 aliphatic heterocycles. The van der Waals surface area contributed by atoms with E-state index in [4.69, 9.17) is 0 Å². The molecular weight excluding hydrogens is 172 g/mol. The van der Waals surface area contributed by atoms with Crippen molar-refractivity contribution in [1.29, 1.82) is 0 Å². The van der Waals surface area contributed by atoms with Crippen LogP contribution in [0.25, 0.3) is 0 Å². The maximum Gasteiger partial charge on any atom is 0.330 e. The molecule has 0 unspecified atom stereocenters. The van der Waals surface area contributed by atoms with E-state index in [9.17, 15) is 9.59 Å². The smallest absolute Gasteiger partial charge is 0.330 e. The van der Waals surface area contributed by atoms with Crippen molar-refractivity contribution in [3.63, 3.8) is 0 Å². The van der Waals surface area contributed by atoms with Gasteiger partial charge < -0.3 is 4.74 Å². The highest BCUT2D eigenvalue weighted by atomic mass is 16.5. The number of methoxy groups -OCH3 is 1. The van der Waals surface area contributed by atoms with Gasteiger partial charge in [0, 0.05) is 13.5 Å². The number of hydrogen-bond donors (Lipinski definition) is 1. The van der Waals surface area contributed by atoms with Gasteiger partial charge in [0.1, 0.15) is 6.04 Å². The number of nitrogens with one attached hydrogen (secondary N) is 1. The van der Waals surface area contributed by atoms with Crippen molar-refractivity contribution in [2.45, 2.75) is 25.8 Å². The van der Waals surface area contributed by atoms with Crippen LogP contribution in [0.3, 0.4) is 0 Å². The van der Waals surface area contributed by atoms with Gasteiger partial charge in [0.25, 0.3) is 0 Å². The summed E-state index contributed by atoms with van der Waals surface area (Å²) in [6.45, 7) is 2.15. The Morgan fingerprint density at radius 2 is 2.23 bits per heavy atom. The zero-order valence-corrected chi connectivity index (χ0v) is 7.87. The first kappa shape index (κ1) is 9.98. The number of carbonyl (C=O) groups is 2. The summed E-state index contributed by atoms with van der Waals surface area (Å²) in [4.78, 5) is 22.3. The number of carbonyl (C=O) groups excluding carboxylic acids is 2. The standard InChI is InChI=1S/C8H14N2O3/c1-6(11)10-7(8(12)13-2)4-3-5-9-10/h7,9H,3-5H2,1-2H3/t7-/m0/s1. The minimum atomic E-state index is -0.462. The summed E-state index contributed by atoms with van der Waals surface area (Å²) < 4.78 is 4.60. The molecule has 1 fully saturated rings. The fourth-order valence-corrected chi connectivity index (χ4v) is 1.42. The third-order valence-corrected chi connectivity index (χ3v) is 2.06. The highest BCUT2D eigenvalue weighted by Crippen LogP contribution is 2.11. The van der Waals surface area contributed by atoms with Crippen molar-refractivity contribution < 1.29 is 14.3 Å². The maximum atomic E-state index is 11.2. The van der Waals surface area contributed by atoms with Crippen molar-refractivity contribution in [2.24, 2.45) is 0 Å². The van der Waals surface area contributed by atoms with Crippen LogP contribution >= 0.6 is 0 Å². The molecule has 0 radical (unpaired) electrons. The van der Waals surface area contributed by atoms with Crippen LogP contribution in [0.4, 0.5) is 0 Å². The van der Waals surface area contributed by atoms with Crippen LogP contribution in [0.5, 0.6) is 0 Å². The lowest BCUT2D eigenvalue weighted by molar-refractivity contribution is -0.157. The first-order valence-corrected chi connectivity index (χ1v) is 4.28. The largest absolute Gasteiger partial charge is 0.467 e. The topological polar surface area (TPSA) is 58.6 Å². The lowest BCUT2D eigenvalue weighted by Gasteiger charge is -2.33. The van der Waals surface area contributed by atoms with Gasteiger partial charge in [-0.25, -0.2) is 10.2 Å². The quantitative estimate of drug-likeness (QED) is 0.570. The number of hydrogen-bond acceptors (Lipinski definition) is 4. The number of ether oxygens (including phenoxy) is 1. The van der Waals surface area contributed by atoms with Gasteiger partial charge in [-0.2, -0.15) is 0 Å². The third kappa shape index (κ3) is 2.18. The summed E-state index contributed by atoms with van der Waals surface area (Å²) in [7, 11) is 1.33. The highest BCUT2D eigenvalue weighted by Gasteiger charge is 2.30. The second-order valence-electron chi connectivity index (χ2n) is 2.98. The Morgan fingerprint density at radius 1 is 1.54 bits per heavy atom. The molecule has 0 saturated carbocycles. The number of rotatable bonds is 1. The van der Waals surface area contributed by atoms with E-state index in [1.165, 1.54) is 19.0 Å². The Hall–Kier alpha value is -1.10. The molecule has 0 aromatic rings. The lowest BCUT2D eigenvalue weighted by atomic mass is 10.1. The van der Waals surface area contributed by atoms with E-state index >= 15 is 0 Å². The van der Waals surface area contributed by atoms with Gasteiger partial charge in [-0.05, 0) is 12.8 Å². The van der Waals surface area contributed by atoms with Gasteiger partial charge in [-0.15, -0.1) is 0 Å². The fourth-order valence-electron chi connectivity index (χ4n) is 1.42. The van der Waals surface area contributed by atoms with E-state index < -0.39 is 6.04 Å². The molecule has 5 heteroatoms. The van der Waals surface area contributed by atoms with Gasteiger partial charge in [-0.3, -0.25) is 9.80 Å². The first-order chi connectivity index (χ1) is 6.16. The number of hydrazine groups is 1. The fraction of sp³-hybridized carbons (Fsp3) is 0.750. The maximum absolute atomic E-state index is 11.2. The highest BCUT2D eigenvalue weighted by molar-refractivity contribution is 5.83. The molecule has 74 valence electrons. The first-order valence-electron chi connectivity index (χ1n) is 4.28.